The van der Waals surface area contributed by atoms with Crippen LogP contribution in [0.4, 0.5) is 0 Å². The zero-order valence-corrected chi connectivity index (χ0v) is 13.8. The Morgan fingerprint density at radius 2 is 2.09 bits per heavy atom. The van der Waals surface area contributed by atoms with Crippen LogP contribution in [0.25, 0.3) is 10.9 Å². The summed E-state index contributed by atoms with van der Waals surface area (Å²) in [5.74, 6) is -0.604. The topological polar surface area (TPSA) is 89.1 Å². The van der Waals surface area contributed by atoms with E-state index in [4.69, 9.17) is 15.9 Å². The molecule has 3 N–H and O–H groups in total. The maximum atomic E-state index is 11.8. The third kappa shape index (κ3) is 5.14. The molecular formula is C18H23N3O2. The molecule has 0 aliphatic heterocycles. The fraction of sp³-hybridized carbons (Fsp3) is 0.389. The number of ether oxygens (including phenoxy) is 1. The van der Waals surface area contributed by atoms with Crippen molar-refractivity contribution in [3.8, 4) is 0 Å². The van der Waals surface area contributed by atoms with Crippen LogP contribution in [0.5, 0.6) is 0 Å². The van der Waals surface area contributed by atoms with Crippen molar-refractivity contribution in [3.05, 3.63) is 42.1 Å². The van der Waals surface area contributed by atoms with Crippen molar-refractivity contribution >= 4 is 22.6 Å². The third-order valence-electron chi connectivity index (χ3n) is 3.28. The third-order valence-corrected chi connectivity index (χ3v) is 3.28. The molecule has 0 amide bonds. The Labute approximate surface area is 136 Å². The van der Waals surface area contributed by atoms with Gasteiger partial charge in [0, 0.05) is 24.0 Å². The lowest BCUT2D eigenvalue weighted by molar-refractivity contribution is -0.146. The molecule has 122 valence electrons. The summed E-state index contributed by atoms with van der Waals surface area (Å²) in [5.41, 5.74) is 7.35. The van der Waals surface area contributed by atoms with Gasteiger partial charge in [-0.25, -0.2) is 4.79 Å². The van der Waals surface area contributed by atoms with Crippen LogP contribution >= 0.6 is 0 Å². The molecule has 0 fully saturated rings. The standard InChI is InChI=1S/C18H23N3O2/c1-18(2,3)23-17(22)15(20)11-14(19)9-12-6-7-13-5-4-8-21-16(13)10-12/h4-8,10,14,20H,9,11,19H2,1-3H3. The van der Waals surface area contributed by atoms with Crippen LogP contribution in [0.3, 0.4) is 0 Å². The molecule has 0 spiro atoms. The molecular weight excluding hydrogens is 290 g/mol. The van der Waals surface area contributed by atoms with Crippen molar-refractivity contribution in [1.82, 2.24) is 4.98 Å². The highest BCUT2D eigenvalue weighted by atomic mass is 16.6. The maximum Gasteiger partial charge on any atom is 0.352 e. The number of aromatic nitrogens is 1. The monoisotopic (exact) mass is 313 g/mol. The van der Waals surface area contributed by atoms with E-state index in [-0.39, 0.29) is 18.2 Å². The average Bonchev–Trinajstić information content (AvgIpc) is 2.45. The number of esters is 1. The Hall–Kier alpha value is -2.27. The number of hydrogen-bond donors (Lipinski definition) is 2. The zero-order valence-electron chi connectivity index (χ0n) is 13.8. The van der Waals surface area contributed by atoms with Crippen LogP contribution in [-0.2, 0) is 16.0 Å². The first kappa shape index (κ1) is 17.1. The number of benzene rings is 1. The lowest BCUT2D eigenvalue weighted by atomic mass is 10.0. The number of pyridine rings is 1. The summed E-state index contributed by atoms with van der Waals surface area (Å²) in [5, 5.41) is 8.91. The van der Waals surface area contributed by atoms with Gasteiger partial charge in [-0.15, -0.1) is 0 Å². The number of nitrogens with one attached hydrogen (secondary N) is 1. The smallest absolute Gasteiger partial charge is 0.352 e. The van der Waals surface area contributed by atoms with Gasteiger partial charge >= 0.3 is 5.97 Å². The quantitative estimate of drug-likeness (QED) is 0.656. The van der Waals surface area contributed by atoms with Crippen molar-refractivity contribution in [2.75, 3.05) is 0 Å². The van der Waals surface area contributed by atoms with Gasteiger partial charge in [0.15, 0.2) is 0 Å². The first-order valence-corrected chi connectivity index (χ1v) is 7.64. The Morgan fingerprint density at radius 3 is 2.78 bits per heavy atom. The normalized spacial score (nSPS) is 12.9. The number of nitrogens with two attached hydrogens (primary N) is 1. The lowest BCUT2D eigenvalue weighted by Crippen LogP contribution is -2.33. The molecule has 0 saturated carbocycles. The average molecular weight is 313 g/mol. The SMILES string of the molecule is CC(C)(C)OC(=O)C(=N)CC(N)Cc1ccc2cccnc2c1. The van der Waals surface area contributed by atoms with E-state index in [1.54, 1.807) is 27.0 Å². The van der Waals surface area contributed by atoms with Crippen molar-refractivity contribution in [2.45, 2.75) is 45.3 Å². The summed E-state index contributed by atoms with van der Waals surface area (Å²) < 4.78 is 5.18. The number of carbonyl (C=O) groups excluding carboxylic acids is 1. The largest absolute Gasteiger partial charge is 0.456 e. The molecule has 1 aromatic heterocycles. The molecule has 0 aliphatic rings. The maximum absolute atomic E-state index is 11.8. The van der Waals surface area contributed by atoms with Crippen molar-refractivity contribution in [1.29, 1.82) is 5.41 Å². The van der Waals surface area contributed by atoms with Gasteiger partial charge in [-0.1, -0.05) is 18.2 Å². The molecule has 2 aromatic rings. The van der Waals surface area contributed by atoms with Crippen LogP contribution in [0.15, 0.2) is 36.5 Å². The van der Waals surface area contributed by atoms with E-state index in [9.17, 15) is 4.79 Å². The van der Waals surface area contributed by atoms with Crippen molar-refractivity contribution < 1.29 is 9.53 Å². The highest BCUT2D eigenvalue weighted by Crippen LogP contribution is 2.15. The van der Waals surface area contributed by atoms with Gasteiger partial charge in [0.2, 0.25) is 0 Å². The van der Waals surface area contributed by atoms with Gasteiger partial charge in [-0.2, -0.15) is 0 Å². The highest BCUT2D eigenvalue weighted by Gasteiger charge is 2.21. The van der Waals surface area contributed by atoms with Gasteiger partial charge < -0.3 is 10.5 Å². The number of nitrogens with zero attached hydrogens (tertiary/aromatic N) is 1. The molecule has 5 nitrogen and oxygen atoms in total. The summed E-state index contributed by atoms with van der Waals surface area (Å²) >= 11 is 0. The van der Waals surface area contributed by atoms with E-state index in [1.165, 1.54) is 0 Å². The van der Waals surface area contributed by atoms with E-state index < -0.39 is 11.6 Å². The summed E-state index contributed by atoms with van der Waals surface area (Å²) in [6, 6.07) is 9.59. The van der Waals surface area contributed by atoms with Gasteiger partial charge in [0.1, 0.15) is 11.3 Å². The molecule has 1 heterocycles. The molecule has 2 rings (SSSR count). The summed E-state index contributed by atoms with van der Waals surface area (Å²) in [6.07, 6.45) is 2.52. The van der Waals surface area contributed by atoms with Crippen LogP contribution < -0.4 is 5.73 Å². The van der Waals surface area contributed by atoms with E-state index in [1.807, 2.05) is 30.3 Å². The van der Waals surface area contributed by atoms with Crippen LogP contribution in [0.2, 0.25) is 0 Å². The molecule has 0 aliphatic carbocycles. The molecule has 1 atom stereocenters. The molecule has 23 heavy (non-hydrogen) atoms. The van der Waals surface area contributed by atoms with Gasteiger partial charge in [0.25, 0.3) is 0 Å². The zero-order chi connectivity index (χ0) is 17.0. The molecule has 0 saturated heterocycles. The first-order valence-electron chi connectivity index (χ1n) is 7.64. The number of hydrogen-bond acceptors (Lipinski definition) is 5. The predicted molar refractivity (Wildman–Crippen MR) is 91.6 cm³/mol. The molecule has 1 aromatic carbocycles. The van der Waals surface area contributed by atoms with E-state index >= 15 is 0 Å². The predicted octanol–water partition coefficient (Wildman–Crippen LogP) is 2.86. The Kier molecular flexibility index (Phi) is 5.11. The Balaban J connectivity index is 1.96. The minimum absolute atomic E-state index is 0.0914. The second-order valence-corrected chi connectivity index (χ2v) is 6.68. The minimum atomic E-state index is -0.604. The van der Waals surface area contributed by atoms with Crippen LogP contribution in [0.1, 0.15) is 32.8 Å². The van der Waals surface area contributed by atoms with E-state index in [2.05, 4.69) is 4.98 Å². The first-order chi connectivity index (χ1) is 10.7. The minimum Gasteiger partial charge on any atom is -0.456 e. The van der Waals surface area contributed by atoms with Crippen molar-refractivity contribution in [2.24, 2.45) is 5.73 Å². The highest BCUT2D eigenvalue weighted by molar-refractivity contribution is 6.35. The number of fused-ring (bicyclic) bond motifs is 1. The van der Waals surface area contributed by atoms with Gasteiger partial charge in [-0.05, 0) is 44.9 Å². The summed E-state index contributed by atoms with van der Waals surface area (Å²) in [4.78, 5) is 16.1. The second-order valence-electron chi connectivity index (χ2n) is 6.68. The molecule has 0 radical (unpaired) electrons. The second kappa shape index (κ2) is 6.87. The van der Waals surface area contributed by atoms with Crippen LogP contribution in [0, 0.1) is 5.41 Å². The van der Waals surface area contributed by atoms with Crippen molar-refractivity contribution in [3.63, 3.8) is 0 Å². The fourth-order valence-electron chi connectivity index (χ4n) is 2.30. The number of rotatable bonds is 5. The van der Waals surface area contributed by atoms with E-state index in [0.717, 1.165) is 16.5 Å². The lowest BCUT2D eigenvalue weighted by Gasteiger charge is -2.20. The Bertz CT molecular complexity index is 720. The molecule has 0 bridgehead atoms. The number of carbonyl (C=O) groups is 1. The summed E-state index contributed by atoms with van der Waals surface area (Å²) in [6.45, 7) is 5.33. The van der Waals surface area contributed by atoms with Gasteiger partial charge in [0.05, 0.1) is 5.52 Å². The molecule has 1 unspecified atom stereocenters. The van der Waals surface area contributed by atoms with E-state index in [0.29, 0.717) is 6.42 Å². The summed E-state index contributed by atoms with van der Waals surface area (Å²) in [7, 11) is 0. The Morgan fingerprint density at radius 1 is 1.35 bits per heavy atom. The van der Waals surface area contributed by atoms with Crippen LogP contribution in [-0.4, -0.2) is 28.3 Å². The molecule has 5 heteroatoms. The fourth-order valence-corrected chi connectivity index (χ4v) is 2.30. The van der Waals surface area contributed by atoms with Gasteiger partial charge in [-0.3, -0.25) is 10.4 Å².